The number of hydrogen-bond donors (Lipinski definition) is 1. The van der Waals surface area contributed by atoms with E-state index in [2.05, 4.69) is 56.4 Å². The van der Waals surface area contributed by atoms with Crippen molar-refractivity contribution in [2.75, 3.05) is 58.4 Å². The zero-order valence-corrected chi connectivity index (χ0v) is 21.6. The Bertz CT molecular complexity index is 1440. The van der Waals surface area contributed by atoms with Crippen molar-refractivity contribution in [2.45, 2.75) is 12.5 Å². The molecular formula is C28H31N7O3. The average Bonchev–Trinajstić information content (AvgIpc) is 3.63. The first-order chi connectivity index (χ1) is 18.6. The molecule has 1 aromatic carbocycles. The second kappa shape index (κ2) is 10.4. The maximum atomic E-state index is 12.2. The Balaban J connectivity index is 1.38. The molecule has 0 unspecified atom stereocenters. The number of ether oxygens (including phenoxy) is 2. The molecule has 2 saturated heterocycles. The normalized spacial score (nSPS) is 18.2. The number of nitrogens with one attached hydrogen (secondary N) is 1. The highest BCUT2D eigenvalue weighted by Crippen LogP contribution is 2.34. The van der Waals surface area contributed by atoms with E-state index in [0.29, 0.717) is 30.3 Å². The molecule has 0 bridgehead atoms. The molecule has 2 fully saturated rings. The van der Waals surface area contributed by atoms with Crippen LogP contribution in [0, 0.1) is 0 Å². The third kappa shape index (κ3) is 4.80. The number of hydrogen-bond acceptors (Lipinski definition) is 8. The van der Waals surface area contributed by atoms with E-state index in [9.17, 15) is 4.79 Å². The fraction of sp³-hybridized carbons (Fsp3) is 0.357. The van der Waals surface area contributed by atoms with Crippen LogP contribution in [-0.2, 0) is 4.74 Å². The summed E-state index contributed by atoms with van der Waals surface area (Å²) in [7, 11) is 3.76. The van der Waals surface area contributed by atoms with E-state index in [1.54, 1.807) is 30.0 Å². The summed E-state index contributed by atoms with van der Waals surface area (Å²) in [5.41, 5.74) is 5.72. The minimum Gasteiger partial charge on any atom is -0.470 e. The van der Waals surface area contributed by atoms with Crippen LogP contribution in [0.2, 0.25) is 0 Å². The van der Waals surface area contributed by atoms with E-state index < -0.39 is 0 Å². The molecule has 0 radical (unpaired) electrons. The first-order valence-electron chi connectivity index (χ1n) is 12.9. The molecule has 10 heteroatoms. The maximum absolute atomic E-state index is 12.2. The number of pyridine rings is 1. The summed E-state index contributed by atoms with van der Waals surface area (Å²) in [5.74, 6) is 0.323. The van der Waals surface area contributed by atoms with Crippen molar-refractivity contribution in [1.82, 2.24) is 29.8 Å². The summed E-state index contributed by atoms with van der Waals surface area (Å²) in [6.45, 7) is 5.38. The Morgan fingerprint density at radius 1 is 1.05 bits per heavy atom. The van der Waals surface area contributed by atoms with Crippen LogP contribution < -0.4 is 15.0 Å². The van der Waals surface area contributed by atoms with Gasteiger partial charge in [-0.2, -0.15) is 0 Å². The number of carbonyl (C=O) groups is 1. The number of carbonyl (C=O) groups excluding carboxylic acids is 1. The number of likely N-dealkylation sites (N-methyl/N-ethyl adjacent to an activating group) is 1. The molecule has 6 rings (SSSR count). The molecule has 196 valence electrons. The number of nitrogens with zero attached hydrogens (tertiary/aromatic N) is 6. The number of imidazole rings is 1. The van der Waals surface area contributed by atoms with Crippen LogP contribution in [0.5, 0.6) is 5.88 Å². The van der Waals surface area contributed by atoms with Gasteiger partial charge in [0.1, 0.15) is 6.10 Å². The molecule has 0 spiro atoms. The SMILES string of the molecule is CNC(=O)c1cncc(-c2cnc3cc(-c4ccc(N5CCN(C)CC5)cc4)c(O[C@H]4CCOC4)nn23)c1. The Morgan fingerprint density at radius 3 is 2.61 bits per heavy atom. The van der Waals surface area contributed by atoms with Gasteiger partial charge in [0, 0.05) is 68.9 Å². The van der Waals surface area contributed by atoms with Gasteiger partial charge in [0.15, 0.2) is 5.65 Å². The fourth-order valence-corrected chi connectivity index (χ4v) is 4.92. The second-order valence-electron chi connectivity index (χ2n) is 9.76. The molecule has 2 aliphatic rings. The maximum Gasteiger partial charge on any atom is 0.252 e. The zero-order chi connectivity index (χ0) is 26.1. The lowest BCUT2D eigenvalue weighted by atomic mass is 10.1. The topological polar surface area (TPSA) is 97.1 Å². The van der Waals surface area contributed by atoms with Crippen molar-refractivity contribution in [2.24, 2.45) is 0 Å². The van der Waals surface area contributed by atoms with Gasteiger partial charge < -0.3 is 24.6 Å². The molecule has 10 nitrogen and oxygen atoms in total. The van der Waals surface area contributed by atoms with Crippen LogP contribution in [0.15, 0.2) is 55.0 Å². The number of amides is 1. The quantitative estimate of drug-likeness (QED) is 0.421. The number of benzene rings is 1. The van der Waals surface area contributed by atoms with Gasteiger partial charge >= 0.3 is 0 Å². The molecule has 5 heterocycles. The van der Waals surface area contributed by atoms with Crippen molar-refractivity contribution in [3.8, 4) is 28.3 Å². The standard InChI is InChI=1S/C28H31N7O3/c1-29-27(36)21-13-20(15-30-16-21)25-17-31-26-14-24(28(32-35(25)26)38-23-7-12-37-18-23)19-3-5-22(6-4-19)34-10-8-33(2)9-11-34/h3-6,13-17,23H,7-12,18H2,1-2H3,(H,29,36)/t23-/m0/s1. The van der Waals surface area contributed by atoms with Gasteiger partial charge in [0.05, 0.1) is 30.7 Å². The van der Waals surface area contributed by atoms with Crippen LogP contribution in [0.3, 0.4) is 0 Å². The Hall–Kier alpha value is -4.02. The number of fused-ring (bicyclic) bond motifs is 1. The summed E-state index contributed by atoms with van der Waals surface area (Å²) in [4.78, 5) is 25.8. The first kappa shape index (κ1) is 24.3. The van der Waals surface area contributed by atoms with Crippen LogP contribution in [-0.4, -0.2) is 90.0 Å². The van der Waals surface area contributed by atoms with Crippen LogP contribution in [0.1, 0.15) is 16.8 Å². The Kier molecular flexibility index (Phi) is 6.65. The molecule has 0 aliphatic carbocycles. The minimum atomic E-state index is -0.200. The summed E-state index contributed by atoms with van der Waals surface area (Å²) < 4.78 is 13.7. The molecule has 1 amide bonds. The molecule has 1 atom stereocenters. The smallest absolute Gasteiger partial charge is 0.252 e. The van der Waals surface area contributed by atoms with Gasteiger partial charge in [-0.15, -0.1) is 5.10 Å². The van der Waals surface area contributed by atoms with E-state index in [1.165, 1.54) is 11.9 Å². The van der Waals surface area contributed by atoms with Crippen molar-refractivity contribution < 1.29 is 14.3 Å². The minimum absolute atomic E-state index is 0.0615. The lowest BCUT2D eigenvalue weighted by Gasteiger charge is -2.34. The van der Waals surface area contributed by atoms with Gasteiger partial charge in [-0.1, -0.05) is 12.1 Å². The third-order valence-electron chi connectivity index (χ3n) is 7.20. The van der Waals surface area contributed by atoms with E-state index in [-0.39, 0.29) is 12.0 Å². The lowest BCUT2D eigenvalue weighted by molar-refractivity contribution is 0.0962. The molecule has 3 aromatic heterocycles. The summed E-state index contributed by atoms with van der Waals surface area (Å²) in [6.07, 6.45) is 5.74. The van der Waals surface area contributed by atoms with E-state index >= 15 is 0 Å². The van der Waals surface area contributed by atoms with Crippen molar-refractivity contribution in [1.29, 1.82) is 0 Å². The Labute approximate surface area is 221 Å². The number of aromatic nitrogens is 4. The highest BCUT2D eigenvalue weighted by Gasteiger charge is 2.23. The monoisotopic (exact) mass is 513 g/mol. The average molecular weight is 514 g/mol. The highest BCUT2D eigenvalue weighted by atomic mass is 16.5. The van der Waals surface area contributed by atoms with Crippen LogP contribution in [0.4, 0.5) is 5.69 Å². The summed E-state index contributed by atoms with van der Waals surface area (Å²) in [6, 6.07) is 12.4. The molecule has 1 N–H and O–H groups in total. The van der Waals surface area contributed by atoms with Gasteiger partial charge in [-0.25, -0.2) is 9.50 Å². The molecule has 2 aliphatic heterocycles. The van der Waals surface area contributed by atoms with Crippen molar-refractivity contribution in [3.63, 3.8) is 0 Å². The first-order valence-corrected chi connectivity index (χ1v) is 12.9. The van der Waals surface area contributed by atoms with E-state index in [4.69, 9.17) is 14.6 Å². The fourth-order valence-electron chi connectivity index (χ4n) is 4.92. The molecule has 4 aromatic rings. The van der Waals surface area contributed by atoms with Gasteiger partial charge in [-0.05, 0) is 36.9 Å². The summed E-state index contributed by atoms with van der Waals surface area (Å²) >= 11 is 0. The predicted octanol–water partition coefficient (Wildman–Crippen LogP) is 2.74. The van der Waals surface area contributed by atoms with Crippen LogP contribution in [0.25, 0.3) is 28.0 Å². The zero-order valence-electron chi connectivity index (χ0n) is 21.6. The van der Waals surface area contributed by atoms with E-state index in [1.807, 2.05) is 6.07 Å². The van der Waals surface area contributed by atoms with E-state index in [0.717, 1.165) is 55.0 Å². The number of rotatable bonds is 6. The summed E-state index contributed by atoms with van der Waals surface area (Å²) in [5, 5.41) is 7.54. The highest BCUT2D eigenvalue weighted by molar-refractivity contribution is 5.94. The van der Waals surface area contributed by atoms with Gasteiger partial charge in [-0.3, -0.25) is 9.78 Å². The number of anilines is 1. The van der Waals surface area contributed by atoms with Gasteiger partial charge in [0.25, 0.3) is 5.91 Å². The molecule has 0 saturated carbocycles. The van der Waals surface area contributed by atoms with Crippen molar-refractivity contribution >= 4 is 17.2 Å². The predicted molar refractivity (Wildman–Crippen MR) is 145 cm³/mol. The molecular weight excluding hydrogens is 482 g/mol. The van der Waals surface area contributed by atoms with Crippen LogP contribution >= 0.6 is 0 Å². The van der Waals surface area contributed by atoms with Crippen molar-refractivity contribution in [3.05, 3.63) is 60.6 Å². The largest absolute Gasteiger partial charge is 0.470 e. The Morgan fingerprint density at radius 2 is 1.87 bits per heavy atom. The second-order valence-corrected chi connectivity index (χ2v) is 9.76. The molecule has 38 heavy (non-hydrogen) atoms. The number of piperazine rings is 1. The van der Waals surface area contributed by atoms with Gasteiger partial charge in [0.2, 0.25) is 5.88 Å². The lowest BCUT2D eigenvalue weighted by Crippen LogP contribution is -2.44. The third-order valence-corrected chi connectivity index (χ3v) is 7.20.